The zero-order valence-electron chi connectivity index (χ0n) is 12.0. The van der Waals surface area contributed by atoms with Gasteiger partial charge in [0.15, 0.2) is 0 Å². The second kappa shape index (κ2) is 6.49. The van der Waals surface area contributed by atoms with Crippen LogP contribution in [0.4, 0.5) is 13.2 Å². The van der Waals surface area contributed by atoms with Crippen LogP contribution in [0.2, 0.25) is 0 Å². The smallest absolute Gasteiger partial charge is 0.416 e. The molecule has 4 nitrogen and oxygen atoms in total. The largest absolute Gasteiger partial charge is 0.494 e. The van der Waals surface area contributed by atoms with E-state index in [4.69, 9.17) is 8.92 Å². The topological polar surface area (TPSA) is 52.6 Å². The van der Waals surface area contributed by atoms with E-state index in [0.29, 0.717) is 18.4 Å². The van der Waals surface area contributed by atoms with Gasteiger partial charge in [0, 0.05) is 0 Å². The third-order valence-electron chi connectivity index (χ3n) is 2.79. The highest BCUT2D eigenvalue weighted by Gasteiger charge is 2.31. The van der Waals surface area contributed by atoms with Gasteiger partial charge < -0.3 is 8.92 Å². The first kappa shape index (κ1) is 17.1. The van der Waals surface area contributed by atoms with Gasteiger partial charge in [-0.2, -0.15) is 21.6 Å². The van der Waals surface area contributed by atoms with Crippen LogP contribution in [0.1, 0.15) is 12.5 Å². The fourth-order valence-electron chi connectivity index (χ4n) is 1.77. The van der Waals surface area contributed by atoms with Crippen molar-refractivity contribution in [2.24, 2.45) is 0 Å². The summed E-state index contributed by atoms with van der Waals surface area (Å²) in [6.07, 6.45) is -4.58. The highest BCUT2D eigenvalue weighted by Crippen LogP contribution is 2.32. The van der Waals surface area contributed by atoms with Crippen molar-refractivity contribution in [2.75, 3.05) is 6.61 Å². The lowest BCUT2D eigenvalue weighted by Crippen LogP contribution is -2.11. The van der Waals surface area contributed by atoms with E-state index in [1.807, 2.05) is 0 Å². The van der Waals surface area contributed by atoms with E-state index in [2.05, 4.69) is 0 Å². The number of benzene rings is 2. The molecule has 0 aliphatic carbocycles. The van der Waals surface area contributed by atoms with Crippen LogP contribution < -0.4 is 8.92 Å². The number of hydrogen-bond acceptors (Lipinski definition) is 4. The van der Waals surface area contributed by atoms with E-state index in [0.717, 1.165) is 18.2 Å². The Morgan fingerprint density at radius 2 is 1.65 bits per heavy atom. The second-order valence-electron chi connectivity index (χ2n) is 4.47. The Morgan fingerprint density at radius 3 is 2.22 bits per heavy atom. The van der Waals surface area contributed by atoms with Crippen LogP contribution >= 0.6 is 0 Å². The van der Waals surface area contributed by atoms with Gasteiger partial charge in [0.05, 0.1) is 12.2 Å². The fourth-order valence-corrected chi connectivity index (χ4v) is 2.69. The Labute approximate surface area is 131 Å². The zero-order valence-corrected chi connectivity index (χ0v) is 12.8. The van der Waals surface area contributed by atoms with Gasteiger partial charge in [-0.05, 0) is 49.4 Å². The summed E-state index contributed by atoms with van der Waals surface area (Å²) in [6, 6.07) is 9.06. The molecule has 0 bridgehead atoms. The first-order valence-electron chi connectivity index (χ1n) is 6.57. The number of hydrogen-bond donors (Lipinski definition) is 0. The summed E-state index contributed by atoms with van der Waals surface area (Å²) in [6.45, 7) is 2.20. The lowest BCUT2D eigenvalue weighted by molar-refractivity contribution is -0.137. The fraction of sp³-hybridized carbons (Fsp3) is 0.200. The first-order valence-corrected chi connectivity index (χ1v) is 7.98. The molecule has 0 heterocycles. The minimum atomic E-state index is -4.58. The molecule has 2 aromatic carbocycles. The molecule has 0 saturated heterocycles. The van der Waals surface area contributed by atoms with Gasteiger partial charge in [0.25, 0.3) is 0 Å². The van der Waals surface area contributed by atoms with E-state index in [1.165, 1.54) is 24.3 Å². The van der Waals surface area contributed by atoms with Gasteiger partial charge in [-0.1, -0.05) is 6.07 Å². The summed E-state index contributed by atoms with van der Waals surface area (Å²) < 4.78 is 72.0. The molecule has 23 heavy (non-hydrogen) atoms. The van der Waals surface area contributed by atoms with E-state index < -0.39 is 27.6 Å². The van der Waals surface area contributed by atoms with Crippen molar-refractivity contribution < 1.29 is 30.5 Å². The van der Waals surface area contributed by atoms with Gasteiger partial charge in [0.1, 0.15) is 16.4 Å². The highest BCUT2D eigenvalue weighted by molar-refractivity contribution is 7.87. The van der Waals surface area contributed by atoms with Crippen LogP contribution in [0.25, 0.3) is 0 Å². The maximum absolute atomic E-state index is 12.6. The lowest BCUT2D eigenvalue weighted by Gasteiger charge is -2.10. The third-order valence-corrected chi connectivity index (χ3v) is 4.05. The molecule has 0 atom stereocenters. The first-order chi connectivity index (χ1) is 10.7. The van der Waals surface area contributed by atoms with Crippen molar-refractivity contribution in [3.8, 4) is 11.5 Å². The predicted molar refractivity (Wildman–Crippen MR) is 76.9 cm³/mol. The normalized spacial score (nSPS) is 12.0. The Kier molecular flexibility index (Phi) is 4.84. The molecule has 0 amide bonds. The number of alkyl halides is 3. The van der Waals surface area contributed by atoms with Crippen molar-refractivity contribution in [3.63, 3.8) is 0 Å². The van der Waals surface area contributed by atoms with Crippen LogP contribution in [-0.2, 0) is 16.3 Å². The quantitative estimate of drug-likeness (QED) is 0.771. The molecule has 0 spiro atoms. The number of halogens is 3. The summed E-state index contributed by atoms with van der Waals surface area (Å²) in [5.74, 6) is 0.0687. The molecule has 2 aromatic rings. The van der Waals surface area contributed by atoms with Crippen LogP contribution in [0, 0.1) is 0 Å². The molecule has 0 aliphatic heterocycles. The Hall–Kier alpha value is -2.22. The van der Waals surface area contributed by atoms with Crippen LogP contribution in [0.3, 0.4) is 0 Å². The zero-order chi connectivity index (χ0) is 17.1. The van der Waals surface area contributed by atoms with Gasteiger partial charge in [-0.15, -0.1) is 0 Å². The van der Waals surface area contributed by atoms with E-state index in [-0.39, 0.29) is 4.90 Å². The second-order valence-corrected chi connectivity index (χ2v) is 6.01. The van der Waals surface area contributed by atoms with Crippen molar-refractivity contribution in [2.45, 2.75) is 18.0 Å². The highest BCUT2D eigenvalue weighted by atomic mass is 32.2. The third kappa shape index (κ3) is 4.38. The lowest BCUT2D eigenvalue weighted by atomic mass is 10.2. The molecule has 8 heteroatoms. The van der Waals surface area contributed by atoms with Crippen molar-refractivity contribution in [3.05, 3.63) is 54.1 Å². The Bertz CT molecular complexity index is 768. The van der Waals surface area contributed by atoms with Crippen molar-refractivity contribution in [1.29, 1.82) is 0 Å². The molecule has 2 rings (SSSR count). The number of rotatable bonds is 5. The average molecular weight is 346 g/mol. The molecule has 124 valence electrons. The summed E-state index contributed by atoms with van der Waals surface area (Å²) in [7, 11) is -4.23. The van der Waals surface area contributed by atoms with Gasteiger partial charge >= 0.3 is 16.3 Å². The molecule has 0 aliphatic rings. The SMILES string of the molecule is CCOc1ccc(S(=O)(=O)Oc2cccc(C(F)(F)F)c2)cc1. The summed E-state index contributed by atoms with van der Waals surface area (Å²) in [5, 5.41) is 0. The van der Waals surface area contributed by atoms with Crippen molar-refractivity contribution in [1.82, 2.24) is 0 Å². The van der Waals surface area contributed by atoms with E-state index in [1.54, 1.807) is 6.92 Å². The Morgan fingerprint density at radius 1 is 1.00 bits per heavy atom. The molecule has 0 N–H and O–H groups in total. The summed E-state index contributed by atoms with van der Waals surface area (Å²) in [5.41, 5.74) is -0.989. The van der Waals surface area contributed by atoms with E-state index in [9.17, 15) is 21.6 Å². The molecule has 0 unspecified atom stereocenters. The average Bonchev–Trinajstić information content (AvgIpc) is 2.47. The summed E-state index contributed by atoms with van der Waals surface area (Å²) in [4.78, 5) is -0.182. The molecule has 0 fully saturated rings. The van der Waals surface area contributed by atoms with Gasteiger partial charge in [-0.25, -0.2) is 0 Å². The van der Waals surface area contributed by atoms with Gasteiger partial charge in [0.2, 0.25) is 0 Å². The van der Waals surface area contributed by atoms with Gasteiger partial charge in [-0.3, -0.25) is 0 Å². The van der Waals surface area contributed by atoms with Crippen LogP contribution in [0.15, 0.2) is 53.4 Å². The molecule has 0 saturated carbocycles. The maximum atomic E-state index is 12.6. The number of ether oxygens (including phenoxy) is 1. The minimum Gasteiger partial charge on any atom is -0.494 e. The van der Waals surface area contributed by atoms with Crippen LogP contribution in [-0.4, -0.2) is 15.0 Å². The summed E-state index contributed by atoms with van der Waals surface area (Å²) >= 11 is 0. The Balaban J connectivity index is 2.24. The molecular weight excluding hydrogens is 333 g/mol. The molecular formula is C15H13F3O4S. The standard InChI is InChI=1S/C15H13F3O4S/c1-2-21-12-6-8-14(9-7-12)23(19,20)22-13-5-3-4-11(10-13)15(16,17)18/h3-10H,2H2,1H3. The molecule has 0 radical (unpaired) electrons. The van der Waals surface area contributed by atoms with Crippen LogP contribution in [0.5, 0.6) is 11.5 Å². The van der Waals surface area contributed by atoms with Crippen molar-refractivity contribution >= 4 is 10.1 Å². The maximum Gasteiger partial charge on any atom is 0.416 e. The predicted octanol–water partition coefficient (Wildman–Crippen LogP) is 3.87. The van der Waals surface area contributed by atoms with E-state index >= 15 is 0 Å². The minimum absolute atomic E-state index is 0.182. The monoisotopic (exact) mass is 346 g/mol. The molecule has 0 aromatic heterocycles.